The molecule has 0 aromatic rings. The zero-order chi connectivity index (χ0) is 7.40. The van der Waals surface area contributed by atoms with E-state index in [2.05, 4.69) is 20.8 Å². The van der Waals surface area contributed by atoms with Gasteiger partial charge in [0.25, 0.3) is 0 Å². The van der Waals surface area contributed by atoms with Gasteiger partial charge in [0.1, 0.15) is 0 Å². The molecule has 0 radical (unpaired) electrons. The molecule has 1 heterocycles. The van der Waals surface area contributed by atoms with Crippen molar-refractivity contribution in [1.82, 2.24) is 4.90 Å². The van der Waals surface area contributed by atoms with Gasteiger partial charge in [0.15, 0.2) is 0 Å². The second-order valence-electron chi connectivity index (χ2n) is 2.73. The van der Waals surface area contributed by atoms with Crippen LogP contribution < -0.4 is 0 Å². The van der Waals surface area contributed by atoms with Crippen LogP contribution in [0.4, 0.5) is 4.39 Å². The minimum absolute atomic E-state index is 0. The topological polar surface area (TPSA) is 3.24 Å². The van der Waals surface area contributed by atoms with Crippen LogP contribution in [0.3, 0.4) is 0 Å². The molecule has 1 atom stereocenters. The van der Waals surface area contributed by atoms with Gasteiger partial charge in [-0.1, -0.05) is 15.9 Å². The molecule has 1 aliphatic rings. The highest BCUT2D eigenvalue weighted by molar-refractivity contribution is 9.09. The summed E-state index contributed by atoms with van der Waals surface area (Å²) >= 11 is 3.54. The normalized spacial score (nSPS) is 25.1. The summed E-state index contributed by atoms with van der Waals surface area (Å²) in [6.07, 6.45) is 1.91. The molecule has 11 heavy (non-hydrogen) atoms. The predicted molar refractivity (Wildman–Crippen MR) is 54.7 cm³/mol. The van der Waals surface area contributed by atoms with Crippen molar-refractivity contribution in [3.8, 4) is 0 Å². The Morgan fingerprint density at radius 1 is 1.55 bits per heavy atom. The molecule has 0 aromatic carbocycles. The zero-order valence-electron chi connectivity index (χ0n) is 6.43. The van der Waals surface area contributed by atoms with Gasteiger partial charge in [-0.25, -0.2) is 0 Å². The summed E-state index contributed by atoms with van der Waals surface area (Å²) in [5.74, 6) is 0. The Bertz CT molecular complexity index is 102. The summed E-state index contributed by atoms with van der Waals surface area (Å²) in [5.41, 5.74) is 0. The third-order valence-electron chi connectivity index (χ3n) is 1.82. The van der Waals surface area contributed by atoms with Crippen LogP contribution in [0.25, 0.3) is 0 Å². The lowest BCUT2D eigenvalue weighted by atomic mass is 10.4. The van der Waals surface area contributed by atoms with Crippen LogP contribution in [-0.2, 0) is 0 Å². The van der Waals surface area contributed by atoms with E-state index in [9.17, 15) is 4.39 Å². The fraction of sp³-hybridized carbons (Fsp3) is 1.00. The molecular weight excluding hydrogens is 277 g/mol. The van der Waals surface area contributed by atoms with E-state index in [0.29, 0.717) is 11.2 Å². The van der Waals surface area contributed by atoms with Gasteiger partial charge in [0.2, 0.25) is 0 Å². The smallest absolute Gasteiger partial charge is 0.0906 e. The Labute approximate surface area is 86.2 Å². The van der Waals surface area contributed by atoms with Crippen LogP contribution in [0.5, 0.6) is 0 Å². The molecule has 0 saturated carbocycles. The lowest BCUT2D eigenvalue weighted by Gasteiger charge is -2.12. The van der Waals surface area contributed by atoms with E-state index in [1.165, 1.54) is 6.42 Å². The van der Waals surface area contributed by atoms with Gasteiger partial charge >= 0.3 is 0 Å². The summed E-state index contributed by atoms with van der Waals surface area (Å²) in [4.78, 5) is 2.95. The molecule has 4 heteroatoms. The zero-order valence-corrected chi connectivity index (χ0v) is 9.73. The lowest BCUT2D eigenvalue weighted by Crippen LogP contribution is -2.22. The quantitative estimate of drug-likeness (QED) is 0.722. The van der Waals surface area contributed by atoms with E-state index >= 15 is 0 Å². The number of hydrogen-bond acceptors (Lipinski definition) is 1. The first-order valence-electron chi connectivity index (χ1n) is 3.75. The first-order chi connectivity index (χ1) is 4.83. The Morgan fingerprint density at radius 2 is 2.27 bits per heavy atom. The molecule has 0 bridgehead atoms. The predicted octanol–water partition coefficient (Wildman–Crippen LogP) is 2.39. The van der Waals surface area contributed by atoms with Gasteiger partial charge < -0.3 is 4.90 Å². The molecule has 1 fully saturated rings. The highest BCUT2D eigenvalue weighted by Gasteiger charge is 2.18. The fourth-order valence-corrected chi connectivity index (χ4v) is 1.89. The number of rotatable bonds is 3. The second kappa shape index (κ2) is 6.38. The maximum absolute atomic E-state index is 11.7. The van der Waals surface area contributed by atoms with Crippen LogP contribution in [-0.4, -0.2) is 36.0 Å². The first kappa shape index (κ1) is 11.8. The van der Waals surface area contributed by atoms with E-state index in [0.717, 1.165) is 19.6 Å². The Balaban J connectivity index is 0.000001000. The third kappa shape index (κ3) is 4.43. The van der Waals surface area contributed by atoms with Crippen molar-refractivity contribution < 1.29 is 4.39 Å². The van der Waals surface area contributed by atoms with Crippen molar-refractivity contribution in [2.45, 2.75) is 17.7 Å². The van der Waals surface area contributed by atoms with Gasteiger partial charge in [0, 0.05) is 17.9 Å². The van der Waals surface area contributed by atoms with E-state index in [1.807, 2.05) is 0 Å². The molecule has 0 N–H and O–H groups in total. The number of likely N-dealkylation sites (tertiary alicyclic amines) is 1. The van der Waals surface area contributed by atoms with E-state index in [-0.39, 0.29) is 23.7 Å². The van der Waals surface area contributed by atoms with Crippen LogP contribution in [0.2, 0.25) is 0 Å². The number of halogens is 3. The van der Waals surface area contributed by atoms with Crippen LogP contribution in [0, 0.1) is 0 Å². The maximum Gasteiger partial charge on any atom is 0.0906 e. The monoisotopic (exact) mass is 289 g/mol. The molecule has 1 unspecified atom stereocenters. The maximum atomic E-state index is 11.7. The van der Waals surface area contributed by atoms with Crippen molar-refractivity contribution in [1.29, 1.82) is 0 Å². The van der Waals surface area contributed by atoms with Gasteiger partial charge in [-0.05, 0) is 19.4 Å². The Kier molecular flexibility index (Phi) is 6.87. The molecule has 0 amide bonds. The molecule has 0 aliphatic carbocycles. The lowest BCUT2D eigenvalue weighted by molar-refractivity contribution is 0.313. The van der Waals surface area contributed by atoms with Crippen LogP contribution in [0.1, 0.15) is 12.8 Å². The molecule has 68 valence electrons. The number of nitrogens with zero attached hydrogens (tertiary/aromatic N) is 1. The summed E-state index contributed by atoms with van der Waals surface area (Å²) < 4.78 is 11.7. The third-order valence-corrected chi connectivity index (χ3v) is 2.57. The van der Waals surface area contributed by atoms with Crippen molar-refractivity contribution in [3.05, 3.63) is 0 Å². The summed E-state index contributed by atoms with van der Waals surface area (Å²) in [6, 6.07) is 0. The van der Waals surface area contributed by atoms with Crippen LogP contribution in [0.15, 0.2) is 0 Å². The minimum atomic E-state index is -0.177. The standard InChI is InChI=1S/C7H13BrFN.BrH/c8-7-2-5-10(6-7)4-1-3-9;/h7H,1-6H2;1H. The number of alkyl halides is 2. The summed E-state index contributed by atoms with van der Waals surface area (Å²) in [7, 11) is 0. The van der Waals surface area contributed by atoms with Crippen molar-refractivity contribution in [2.75, 3.05) is 26.3 Å². The fourth-order valence-electron chi connectivity index (χ4n) is 1.27. The van der Waals surface area contributed by atoms with Crippen molar-refractivity contribution >= 4 is 32.9 Å². The minimum Gasteiger partial charge on any atom is -0.302 e. The molecule has 1 nitrogen and oxygen atoms in total. The highest BCUT2D eigenvalue weighted by Crippen LogP contribution is 2.16. The SMILES string of the molecule is Br.FCCCN1CCC(Br)C1. The molecule has 1 saturated heterocycles. The summed E-state index contributed by atoms with van der Waals surface area (Å²) in [5, 5.41) is 0. The van der Waals surface area contributed by atoms with Gasteiger partial charge in [-0.15, -0.1) is 17.0 Å². The summed E-state index contributed by atoms with van der Waals surface area (Å²) in [6.45, 7) is 2.98. The second-order valence-corrected chi connectivity index (χ2v) is 4.02. The molecule has 0 spiro atoms. The highest BCUT2D eigenvalue weighted by atomic mass is 79.9. The van der Waals surface area contributed by atoms with Crippen molar-refractivity contribution in [2.24, 2.45) is 0 Å². The van der Waals surface area contributed by atoms with E-state index in [4.69, 9.17) is 0 Å². The van der Waals surface area contributed by atoms with Gasteiger partial charge in [-0.2, -0.15) is 0 Å². The Hall–Kier alpha value is 0.850. The number of hydrogen-bond donors (Lipinski definition) is 0. The van der Waals surface area contributed by atoms with E-state index < -0.39 is 0 Å². The van der Waals surface area contributed by atoms with Gasteiger partial charge in [-0.3, -0.25) is 4.39 Å². The van der Waals surface area contributed by atoms with Crippen LogP contribution >= 0.6 is 32.9 Å². The van der Waals surface area contributed by atoms with E-state index in [1.54, 1.807) is 0 Å². The van der Waals surface area contributed by atoms with Gasteiger partial charge in [0.05, 0.1) is 6.67 Å². The largest absolute Gasteiger partial charge is 0.302 e. The average molecular weight is 291 g/mol. The van der Waals surface area contributed by atoms with Crippen molar-refractivity contribution in [3.63, 3.8) is 0 Å². The molecule has 1 aliphatic heterocycles. The molecule has 1 rings (SSSR count). The first-order valence-corrected chi connectivity index (χ1v) is 4.67. The molecular formula is C7H14Br2FN. The Morgan fingerprint density at radius 3 is 2.73 bits per heavy atom. The average Bonchev–Trinajstić information content (AvgIpc) is 2.31. The molecule has 0 aromatic heterocycles.